The predicted molar refractivity (Wildman–Crippen MR) is 115 cm³/mol. The van der Waals surface area contributed by atoms with Gasteiger partial charge in [-0.25, -0.2) is 9.18 Å². The number of rotatable bonds is 5. The molecule has 0 bridgehead atoms. The molecule has 0 aliphatic carbocycles. The van der Waals surface area contributed by atoms with Gasteiger partial charge in [-0.1, -0.05) is 6.07 Å². The van der Waals surface area contributed by atoms with Crippen molar-refractivity contribution >= 4 is 45.6 Å². The average Bonchev–Trinajstić information content (AvgIpc) is 3.48. The van der Waals surface area contributed by atoms with E-state index in [-0.39, 0.29) is 23.3 Å². The van der Waals surface area contributed by atoms with Gasteiger partial charge in [-0.3, -0.25) is 0 Å². The summed E-state index contributed by atoms with van der Waals surface area (Å²) in [6, 6.07) is 11.2. The Kier molecular flexibility index (Phi) is 4.81. The number of methoxy groups -OCH3 is 1. The zero-order valence-corrected chi connectivity index (χ0v) is 17.8. The van der Waals surface area contributed by atoms with E-state index in [9.17, 15) is 14.3 Å². The van der Waals surface area contributed by atoms with Gasteiger partial charge >= 0.3 is 5.97 Å². The van der Waals surface area contributed by atoms with E-state index in [4.69, 9.17) is 9.47 Å². The topological polar surface area (TPSA) is 81.5 Å². The van der Waals surface area contributed by atoms with Crippen molar-refractivity contribution in [3.63, 3.8) is 0 Å². The van der Waals surface area contributed by atoms with E-state index in [0.717, 1.165) is 23.4 Å². The largest absolute Gasteiger partial charge is 0.494 e. The summed E-state index contributed by atoms with van der Waals surface area (Å²) in [5.74, 6) is -3.44. The maximum absolute atomic E-state index is 14.4. The summed E-state index contributed by atoms with van der Waals surface area (Å²) in [4.78, 5) is 13.0. The van der Waals surface area contributed by atoms with Gasteiger partial charge in [0, 0.05) is 17.6 Å². The number of nitrogens with zero attached hydrogens (tertiary/aromatic N) is 2. The SMILES string of the molecule is COc1ccc(C2(O)OC(=O)C(c3ccc4nsnc4c3)=C2Cc2ccsc2)cc1F. The van der Waals surface area contributed by atoms with Crippen molar-refractivity contribution in [2.45, 2.75) is 12.2 Å². The van der Waals surface area contributed by atoms with Crippen LogP contribution in [0.25, 0.3) is 16.6 Å². The van der Waals surface area contributed by atoms with Crippen LogP contribution in [0.1, 0.15) is 16.7 Å². The number of cyclic esters (lactones) is 1. The van der Waals surface area contributed by atoms with Crippen molar-refractivity contribution in [3.8, 4) is 5.75 Å². The first-order chi connectivity index (χ1) is 15.0. The lowest BCUT2D eigenvalue weighted by molar-refractivity contribution is -0.185. The van der Waals surface area contributed by atoms with Crippen molar-refractivity contribution in [1.82, 2.24) is 8.75 Å². The molecular weight excluding hydrogens is 439 g/mol. The van der Waals surface area contributed by atoms with Gasteiger partial charge in [0.2, 0.25) is 0 Å². The second kappa shape index (κ2) is 7.52. The number of aromatic nitrogens is 2. The first-order valence-corrected chi connectivity index (χ1v) is 10.9. The van der Waals surface area contributed by atoms with Gasteiger partial charge in [0.05, 0.1) is 24.4 Å². The molecule has 0 saturated heterocycles. The minimum Gasteiger partial charge on any atom is -0.494 e. The second-order valence-electron chi connectivity index (χ2n) is 7.01. The number of benzene rings is 2. The smallest absolute Gasteiger partial charge is 0.342 e. The third kappa shape index (κ3) is 3.31. The minimum absolute atomic E-state index is 0.0294. The number of thiophene rings is 1. The Hall–Kier alpha value is -3.14. The van der Waals surface area contributed by atoms with Crippen LogP contribution < -0.4 is 4.74 Å². The molecule has 9 heteroatoms. The van der Waals surface area contributed by atoms with Crippen molar-refractivity contribution in [2.24, 2.45) is 0 Å². The molecule has 1 aliphatic rings. The summed E-state index contributed by atoms with van der Waals surface area (Å²) in [5, 5.41) is 15.4. The normalized spacial score (nSPS) is 18.6. The number of ether oxygens (including phenoxy) is 2. The summed E-state index contributed by atoms with van der Waals surface area (Å²) in [6.07, 6.45) is 0.252. The third-order valence-corrected chi connectivity index (χ3v) is 6.49. The molecule has 0 amide bonds. The van der Waals surface area contributed by atoms with E-state index in [1.54, 1.807) is 18.2 Å². The van der Waals surface area contributed by atoms with Gasteiger partial charge in [-0.05, 0) is 58.3 Å². The number of carbonyl (C=O) groups excluding carboxylic acids is 1. The van der Waals surface area contributed by atoms with Crippen LogP contribution in [-0.4, -0.2) is 26.9 Å². The summed E-state index contributed by atoms with van der Waals surface area (Å²) < 4.78 is 33.3. The van der Waals surface area contributed by atoms with Crippen LogP contribution in [0.2, 0.25) is 0 Å². The molecule has 0 fully saturated rings. The second-order valence-corrected chi connectivity index (χ2v) is 8.32. The predicted octanol–water partition coefficient (Wildman–Crippen LogP) is 4.30. The number of esters is 1. The van der Waals surface area contributed by atoms with Gasteiger partial charge in [0.25, 0.3) is 5.79 Å². The summed E-state index contributed by atoms with van der Waals surface area (Å²) >= 11 is 2.58. The molecule has 1 N–H and O–H groups in total. The zero-order chi connectivity index (χ0) is 21.6. The van der Waals surface area contributed by atoms with E-state index in [2.05, 4.69) is 8.75 Å². The Bertz CT molecular complexity index is 1330. The molecule has 3 heterocycles. The standard InChI is InChI=1S/C22H15FN2O4S2/c1-28-19-5-3-14(10-16(19)23)22(27)15(8-12-6-7-30-11-12)20(21(26)29-22)13-2-4-17-18(9-13)25-31-24-17/h2-7,9-11,27H,8H2,1H3. The van der Waals surface area contributed by atoms with E-state index < -0.39 is 17.6 Å². The fraction of sp³-hybridized carbons (Fsp3) is 0.136. The van der Waals surface area contributed by atoms with Crippen molar-refractivity contribution < 1.29 is 23.8 Å². The van der Waals surface area contributed by atoms with Crippen molar-refractivity contribution in [1.29, 1.82) is 0 Å². The Morgan fingerprint density at radius 2 is 2.00 bits per heavy atom. The van der Waals surface area contributed by atoms with Crippen molar-refractivity contribution in [2.75, 3.05) is 7.11 Å². The Balaban J connectivity index is 1.71. The number of carbonyl (C=O) groups is 1. The summed E-state index contributed by atoms with van der Waals surface area (Å²) in [5.41, 5.74) is 3.50. The lowest BCUT2D eigenvalue weighted by atomic mass is 9.88. The fourth-order valence-corrected chi connectivity index (χ4v) is 4.87. The number of hydrogen-bond donors (Lipinski definition) is 1. The molecule has 31 heavy (non-hydrogen) atoms. The molecule has 0 spiro atoms. The van der Waals surface area contributed by atoms with Crippen LogP contribution in [0.5, 0.6) is 5.75 Å². The van der Waals surface area contributed by atoms with Crippen molar-refractivity contribution in [3.05, 3.63) is 81.3 Å². The average molecular weight is 455 g/mol. The van der Waals surface area contributed by atoms with Gasteiger partial charge in [0.15, 0.2) is 11.6 Å². The van der Waals surface area contributed by atoms with E-state index >= 15 is 0 Å². The van der Waals surface area contributed by atoms with Gasteiger partial charge in [0.1, 0.15) is 11.0 Å². The summed E-state index contributed by atoms with van der Waals surface area (Å²) in [7, 11) is 1.35. The number of aliphatic hydroxyl groups is 1. The molecule has 0 radical (unpaired) electrons. The van der Waals surface area contributed by atoms with Crippen LogP contribution in [0.4, 0.5) is 4.39 Å². The van der Waals surface area contributed by atoms with Gasteiger partial charge in [-0.15, -0.1) is 0 Å². The van der Waals surface area contributed by atoms with E-state index in [1.807, 2.05) is 16.8 Å². The van der Waals surface area contributed by atoms with E-state index in [0.29, 0.717) is 22.2 Å². The van der Waals surface area contributed by atoms with E-state index in [1.165, 1.54) is 30.6 Å². The molecule has 5 rings (SSSR count). The van der Waals surface area contributed by atoms with Gasteiger partial charge in [-0.2, -0.15) is 20.1 Å². The van der Waals surface area contributed by atoms with Crippen LogP contribution in [0.15, 0.2) is 58.8 Å². The Morgan fingerprint density at radius 3 is 2.74 bits per heavy atom. The highest BCUT2D eigenvalue weighted by Crippen LogP contribution is 2.45. The molecule has 1 atom stereocenters. The van der Waals surface area contributed by atoms with Gasteiger partial charge < -0.3 is 14.6 Å². The first kappa shape index (κ1) is 19.8. The molecule has 2 aromatic carbocycles. The maximum Gasteiger partial charge on any atom is 0.342 e. The lowest BCUT2D eigenvalue weighted by Gasteiger charge is -2.25. The number of fused-ring (bicyclic) bond motifs is 1. The molecule has 2 aromatic heterocycles. The Morgan fingerprint density at radius 1 is 1.16 bits per heavy atom. The highest BCUT2D eigenvalue weighted by atomic mass is 32.1. The highest BCUT2D eigenvalue weighted by Gasteiger charge is 2.48. The quantitative estimate of drug-likeness (QED) is 0.453. The van der Waals surface area contributed by atoms with Crippen LogP contribution >= 0.6 is 23.1 Å². The molecule has 4 aromatic rings. The molecule has 0 saturated carbocycles. The molecular formula is C22H15FN2O4S2. The molecule has 156 valence electrons. The van der Waals surface area contributed by atoms with Crippen LogP contribution in [0.3, 0.4) is 0 Å². The Labute approximate surface area is 184 Å². The molecule has 6 nitrogen and oxygen atoms in total. The zero-order valence-electron chi connectivity index (χ0n) is 16.2. The summed E-state index contributed by atoms with van der Waals surface area (Å²) in [6.45, 7) is 0. The maximum atomic E-state index is 14.4. The number of halogens is 1. The number of hydrogen-bond acceptors (Lipinski definition) is 8. The monoisotopic (exact) mass is 454 g/mol. The molecule has 1 aliphatic heterocycles. The lowest BCUT2D eigenvalue weighted by Crippen LogP contribution is -2.30. The fourth-order valence-electron chi connectivity index (χ4n) is 3.69. The van der Waals surface area contributed by atoms with Crippen LogP contribution in [0, 0.1) is 5.82 Å². The first-order valence-electron chi connectivity index (χ1n) is 9.26. The third-order valence-electron chi connectivity index (χ3n) is 5.20. The van der Waals surface area contributed by atoms with Crippen LogP contribution in [-0.2, 0) is 21.7 Å². The minimum atomic E-state index is -2.11. The highest BCUT2D eigenvalue weighted by molar-refractivity contribution is 7.08. The molecule has 1 unspecified atom stereocenters.